The van der Waals surface area contributed by atoms with Crippen molar-refractivity contribution >= 4 is 0 Å². The van der Waals surface area contributed by atoms with Gasteiger partial charge in [0.25, 0.3) is 0 Å². The van der Waals surface area contributed by atoms with Crippen LogP contribution in [0.3, 0.4) is 0 Å². The predicted molar refractivity (Wildman–Crippen MR) is 78.2 cm³/mol. The molecule has 1 aliphatic carbocycles. The predicted octanol–water partition coefficient (Wildman–Crippen LogP) is 3.26. The lowest BCUT2D eigenvalue weighted by molar-refractivity contribution is -0.163. The molecule has 112 valence electrons. The Morgan fingerprint density at radius 3 is 2.37 bits per heavy atom. The molecule has 0 spiro atoms. The largest absolute Gasteiger partial charge is 0.367 e. The highest BCUT2D eigenvalue weighted by molar-refractivity contribution is 4.99. The Hall–Kier alpha value is -0.120. The highest BCUT2D eigenvalue weighted by atomic mass is 16.6. The molecule has 19 heavy (non-hydrogen) atoms. The minimum absolute atomic E-state index is 0.0930. The van der Waals surface area contributed by atoms with E-state index in [1.54, 1.807) is 0 Å². The van der Waals surface area contributed by atoms with E-state index >= 15 is 0 Å². The Morgan fingerprint density at radius 1 is 1.21 bits per heavy atom. The maximum absolute atomic E-state index is 6.56. The molecule has 2 rings (SSSR count). The second-order valence-corrected chi connectivity index (χ2v) is 7.86. The molecule has 1 heterocycles. The first kappa shape index (κ1) is 15.3. The van der Waals surface area contributed by atoms with Crippen LogP contribution in [0.2, 0.25) is 0 Å². The van der Waals surface area contributed by atoms with Crippen molar-refractivity contribution in [2.24, 2.45) is 11.7 Å². The van der Waals surface area contributed by atoms with E-state index in [9.17, 15) is 0 Å². The van der Waals surface area contributed by atoms with Gasteiger partial charge in [-0.2, -0.15) is 0 Å². The fourth-order valence-electron chi connectivity index (χ4n) is 3.95. The van der Waals surface area contributed by atoms with Gasteiger partial charge >= 0.3 is 0 Å². The summed E-state index contributed by atoms with van der Waals surface area (Å²) < 4.78 is 12.7. The average molecular weight is 269 g/mol. The molecule has 0 amide bonds. The summed E-state index contributed by atoms with van der Waals surface area (Å²) in [4.78, 5) is 0. The Kier molecular flexibility index (Phi) is 4.03. The Balaban J connectivity index is 2.10. The van der Waals surface area contributed by atoms with Crippen molar-refractivity contribution in [1.29, 1.82) is 0 Å². The van der Waals surface area contributed by atoms with E-state index < -0.39 is 0 Å². The zero-order valence-electron chi connectivity index (χ0n) is 13.3. The normalized spacial score (nSPS) is 41.4. The van der Waals surface area contributed by atoms with Crippen LogP contribution in [0.15, 0.2) is 0 Å². The number of ether oxygens (including phenoxy) is 2. The van der Waals surface area contributed by atoms with E-state index in [2.05, 4.69) is 34.6 Å². The summed E-state index contributed by atoms with van der Waals surface area (Å²) in [7, 11) is 0. The molecular weight excluding hydrogens is 238 g/mol. The standard InChI is InChI=1S/C16H31NO2/c1-12-7-6-8-16(9-12,11-17)18-13-10-14(2,3)19-15(13,4)5/h12-13H,6-11,17H2,1-5H3. The minimum atomic E-state index is -0.216. The van der Waals surface area contributed by atoms with Crippen LogP contribution in [0, 0.1) is 5.92 Å². The SMILES string of the molecule is CC1CCCC(CN)(OC2CC(C)(C)OC2(C)C)C1. The fourth-order valence-corrected chi connectivity index (χ4v) is 3.95. The zero-order valence-corrected chi connectivity index (χ0v) is 13.3. The summed E-state index contributed by atoms with van der Waals surface area (Å²) in [5, 5.41) is 0. The van der Waals surface area contributed by atoms with E-state index in [0.29, 0.717) is 6.54 Å². The second kappa shape index (κ2) is 5.01. The van der Waals surface area contributed by atoms with Gasteiger partial charge in [-0.25, -0.2) is 0 Å². The molecule has 0 radical (unpaired) electrons. The molecule has 2 aliphatic rings. The van der Waals surface area contributed by atoms with Gasteiger partial charge in [-0.15, -0.1) is 0 Å². The molecule has 3 unspecified atom stereocenters. The molecular formula is C16H31NO2. The molecule has 0 aromatic rings. The maximum atomic E-state index is 6.56. The third kappa shape index (κ3) is 3.32. The first-order chi connectivity index (χ1) is 8.68. The highest BCUT2D eigenvalue weighted by Gasteiger charge is 2.50. The van der Waals surface area contributed by atoms with Crippen molar-refractivity contribution in [2.45, 2.75) is 89.6 Å². The van der Waals surface area contributed by atoms with Crippen LogP contribution in [-0.4, -0.2) is 29.5 Å². The van der Waals surface area contributed by atoms with Crippen molar-refractivity contribution in [2.75, 3.05) is 6.54 Å². The van der Waals surface area contributed by atoms with Crippen LogP contribution in [0.4, 0.5) is 0 Å². The third-order valence-corrected chi connectivity index (χ3v) is 4.81. The van der Waals surface area contributed by atoms with Crippen molar-refractivity contribution < 1.29 is 9.47 Å². The van der Waals surface area contributed by atoms with Crippen LogP contribution in [-0.2, 0) is 9.47 Å². The molecule has 0 aromatic heterocycles. The van der Waals surface area contributed by atoms with Crippen LogP contribution < -0.4 is 5.73 Å². The average Bonchev–Trinajstić information content (AvgIpc) is 2.46. The van der Waals surface area contributed by atoms with Gasteiger partial charge in [-0.1, -0.05) is 19.8 Å². The van der Waals surface area contributed by atoms with E-state index in [0.717, 1.165) is 25.2 Å². The summed E-state index contributed by atoms with van der Waals surface area (Å²) in [5.41, 5.74) is 5.64. The smallest absolute Gasteiger partial charge is 0.0895 e. The van der Waals surface area contributed by atoms with Gasteiger partial charge in [0, 0.05) is 13.0 Å². The summed E-state index contributed by atoms with van der Waals surface area (Å²) >= 11 is 0. The molecule has 0 aromatic carbocycles. The number of rotatable bonds is 3. The van der Waals surface area contributed by atoms with Gasteiger partial charge in [-0.05, 0) is 46.5 Å². The molecule has 2 N–H and O–H groups in total. The van der Waals surface area contributed by atoms with Crippen LogP contribution in [0.25, 0.3) is 0 Å². The lowest BCUT2D eigenvalue weighted by Crippen LogP contribution is -2.50. The van der Waals surface area contributed by atoms with Crippen molar-refractivity contribution in [1.82, 2.24) is 0 Å². The number of nitrogens with two attached hydrogens (primary N) is 1. The van der Waals surface area contributed by atoms with Gasteiger partial charge in [0.2, 0.25) is 0 Å². The summed E-state index contributed by atoms with van der Waals surface area (Å²) in [5.74, 6) is 0.718. The lowest BCUT2D eigenvalue weighted by Gasteiger charge is -2.43. The Morgan fingerprint density at radius 2 is 1.89 bits per heavy atom. The molecule has 2 fully saturated rings. The van der Waals surface area contributed by atoms with Gasteiger partial charge in [0.15, 0.2) is 0 Å². The second-order valence-electron chi connectivity index (χ2n) is 7.86. The quantitative estimate of drug-likeness (QED) is 0.855. The summed E-state index contributed by atoms with van der Waals surface area (Å²) in [6.45, 7) is 11.5. The first-order valence-electron chi connectivity index (χ1n) is 7.76. The summed E-state index contributed by atoms with van der Waals surface area (Å²) in [6, 6.07) is 0. The van der Waals surface area contributed by atoms with E-state index in [-0.39, 0.29) is 22.9 Å². The van der Waals surface area contributed by atoms with Gasteiger partial charge in [0.05, 0.1) is 22.9 Å². The van der Waals surface area contributed by atoms with Crippen molar-refractivity contribution in [3.8, 4) is 0 Å². The molecule has 3 nitrogen and oxygen atoms in total. The van der Waals surface area contributed by atoms with Crippen LogP contribution in [0.5, 0.6) is 0 Å². The van der Waals surface area contributed by atoms with Gasteiger partial charge < -0.3 is 15.2 Å². The molecule has 3 atom stereocenters. The summed E-state index contributed by atoms with van der Waals surface area (Å²) in [6.07, 6.45) is 5.83. The van der Waals surface area contributed by atoms with Gasteiger partial charge in [0.1, 0.15) is 0 Å². The first-order valence-corrected chi connectivity index (χ1v) is 7.76. The van der Waals surface area contributed by atoms with Crippen LogP contribution >= 0.6 is 0 Å². The lowest BCUT2D eigenvalue weighted by atomic mass is 9.78. The molecule has 1 saturated carbocycles. The monoisotopic (exact) mass is 269 g/mol. The van der Waals surface area contributed by atoms with Crippen LogP contribution in [0.1, 0.15) is 66.7 Å². The molecule has 1 saturated heterocycles. The number of hydrogen-bond donors (Lipinski definition) is 1. The van der Waals surface area contributed by atoms with Crippen molar-refractivity contribution in [3.05, 3.63) is 0 Å². The maximum Gasteiger partial charge on any atom is 0.0895 e. The van der Waals surface area contributed by atoms with E-state index in [1.807, 2.05) is 0 Å². The van der Waals surface area contributed by atoms with E-state index in [1.165, 1.54) is 12.8 Å². The van der Waals surface area contributed by atoms with Gasteiger partial charge in [-0.3, -0.25) is 0 Å². The molecule has 1 aliphatic heterocycles. The highest BCUT2D eigenvalue weighted by Crippen LogP contribution is 2.44. The zero-order chi connectivity index (χ0) is 14.3. The number of hydrogen-bond acceptors (Lipinski definition) is 3. The topological polar surface area (TPSA) is 44.5 Å². The Bertz CT molecular complexity index is 327. The fraction of sp³-hybridized carbons (Fsp3) is 1.00. The minimum Gasteiger partial charge on any atom is -0.367 e. The third-order valence-electron chi connectivity index (χ3n) is 4.81. The van der Waals surface area contributed by atoms with E-state index in [4.69, 9.17) is 15.2 Å². The molecule has 3 heteroatoms. The van der Waals surface area contributed by atoms with Crippen molar-refractivity contribution in [3.63, 3.8) is 0 Å². The Labute approximate surface area is 118 Å². The molecule has 0 bridgehead atoms.